The molecule has 3 amide bonds. The van der Waals surface area contributed by atoms with Crippen molar-refractivity contribution in [2.75, 3.05) is 40.8 Å². The zero-order valence-corrected chi connectivity index (χ0v) is 11.3. The monoisotopic (exact) mass is 259 g/mol. The molecule has 0 atom stereocenters. The Balaban J connectivity index is 4.41. The van der Waals surface area contributed by atoms with Crippen LogP contribution in [0.2, 0.25) is 0 Å². The Morgan fingerprint density at radius 2 is 1.67 bits per heavy atom. The Kier molecular flexibility index (Phi) is 6.77. The Morgan fingerprint density at radius 1 is 1.11 bits per heavy atom. The summed E-state index contributed by atoms with van der Waals surface area (Å²) in [6.45, 7) is 2.29. The van der Waals surface area contributed by atoms with Crippen LogP contribution >= 0.6 is 0 Å². The van der Waals surface area contributed by atoms with Gasteiger partial charge in [0.2, 0.25) is 5.91 Å². The Hall–Kier alpha value is -1.79. The van der Waals surface area contributed by atoms with E-state index in [-0.39, 0.29) is 31.4 Å². The zero-order chi connectivity index (χ0) is 14.3. The highest BCUT2D eigenvalue weighted by Gasteiger charge is 2.20. The Bertz CT molecular complexity index is 317. The highest BCUT2D eigenvalue weighted by Crippen LogP contribution is 1.99. The lowest BCUT2D eigenvalue weighted by Crippen LogP contribution is -2.46. The van der Waals surface area contributed by atoms with Crippen molar-refractivity contribution in [3.63, 3.8) is 0 Å². The van der Waals surface area contributed by atoms with Gasteiger partial charge in [0.1, 0.15) is 6.54 Å². The number of carboxylic acids is 1. The van der Waals surface area contributed by atoms with Crippen LogP contribution < -0.4 is 0 Å². The third-order valence-corrected chi connectivity index (χ3v) is 2.46. The molecule has 18 heavy (non-hydrogen) atoms. The van der Waals surface area contributed by atoms with Crippen molar-refractivity contribution in [1.29, 1.82) is 0 Å². The number of urea groups is 1. The Labute approximate surface area is 107 Å². The van der Waals surface area contributed by atoms with Crippen molar-refractivity contribution in [2.24, 2.45) is 0 Å². The van der Waals surface area contributed by atoms with Gasteiger partial charge in [-0.1, -0.05) is 0 Å². The number of nitrogens with zero attached hydrogens (tertiary/aromatic N) is 3. The van der Waals surface area contributed by atoms with Crippen LogP contribution in [0.3, 0.4) is 0 Å². The SMILES string of the molecule is CCN(CC(=O)N(C)C)C(=O)N(C)CCC(=O)O. The first-order valence-corrected chi connectivity index (χ1v) is 5.71. The molecule has 0 rings (SSSR count). The van der Waals surface area contributed by atoms with Crippen LogP contribution in [0.1, 0.15) is 13.3 Å². The molecule has 0 spiro atoms. The molecule has 1 N–H and O–H groups in total. The maximum absolute atomic E-state index is 11.9. The molecule has 0 fully saturated rings. The first-order valence-electron chi connectivity index (χ1n) is 5.71. The summed E-state index contributed by atoms with van der Waals surface area (Å²) in [6.07, 6.45) is -0.110. The maximum Gasteiger partial charge on any atom is 0.320 e. The fourth-order valence-electron chi connectivity index (χ4n) is 1.22. The first-order chi connectivity index (χ1) is 8.29. The molecule has 0 unspecified atom stereocenters. The van der Waals surface area contributed by atoms with E-state index in [9.17, 15) is 14.4 Å². The third kappa shape index (κ3) is 5.51. The van der Waals surface area contributed by atoms with Crippen LogP contribution in [-0.4, -0.2) is 78.5 Å². The van der Waals surface area contributed by atoms with Crippen molar-refractivity contribution < 1.29 is 19.5 Å². The predicted octanol–water partition coefficient (Wildman–Crippen LogP) is -0.0770. The standard InChI is InChI=1S/C11H21N3O4/c1-5-14(8-9(15)12(2)3)11(18)13(4)7-6-10(16)17/h5-8H2,1-4H3,(H,16,17). The third-order valence-electron chi connectivity index (χ3n) is 2.46. The number of rotatable bonds is 6. The molecule has 0 heterocycles. The number of amides is 3. The first kappa shape index (κ1) is 16.2. The summed E-state index contributed by atoms with van der Waals surface area (Å²) in [7, 11) is 4.76. The molecular formula is C11H21N3O4. The molecule has 7 nitrogen and oxygen atoms in total. The van der Waals surface area contributed by atoms with Crippen molar-refractivity contribution in [1.82, 2.24) is 14.7 Å². The van der Waals surface area contributed by atoms with Crippen LogP contribution in [0.4, 0.5) is 4.79 Å². The van der Waals surface area contributed by atoms with Crippen LogP contribution in [0.25, 0.3) is 0 Å². The minimum absolute atomic E-state index is 0.000253. The van der Waals surface area contributed by atoms with Gasteiger partial charge in [0, 0.05) is 34.2 Å². The topological polar surface area (TPSA) is 81.2 Å². The molecule has 0 aliphatic heterocycles. The van der Waals surface area contributed by atoms with Crippen molar-refractivity contribution in [3.8, 4) is 0 Å². The fourth-order valence-corrected chi connectivity index (χ4v) is 1.22. The largest absolute Gasteiger partial charge is 0.481 e. The highest BCUT2D eigenvalue weighted by molar-refractivity contribution is 5.83. The number of hydrogen-bond donors (Lipinski definition) is 1. The molecule has 0 radical (unpaired) electrons. The highest BCUT2D eigenvalue weighted by atomic mass is 16.4. The van der Waals surface area contributed by atoms with E-state index in [4.69, 9.17) is 5.11 Å². The minimum Gasteiger partial charge on any atom is -0.481 e. The van der Waals surface area contributed by atoms with Gasteiger partial charge in [-0.3, -0.25) is 9.59 Å². The average Bonchev–Trinajstić information content (AvgIpc) is 2.31. The van der Waals surface area contributed by atoms with Gasteiger partial charge in [-0.2, -0.15) is 0 Å². The van der Waals surface area contributed by atoms with E-state index in [2.05, 4.69) is 0 Å². The molecule has 0 aromatic carbocycles. The lowest BCUT2D eigenvalue weighted by Gasteiger charge is -2.27. The van der Waals surface area contributed by atoms with E-state index in [1.165, 1.54) is 21.7 Å². The molecule has 7 heteroatoms. The second-order valence-electron chi connectivity index (χ2n) is 4.15. The van der Waals surface area contributed by atoms with Gasteiger partial charge in [0.05, 0.1) is 6.42 Å². The van der Waals surface area contributed by atoms with E-state index in [0.29, 0.717) is 6.54 Å². The second-order valence-corrected chi connectivity index (χ2v) is 4.15. The lowest BCUT2D eigenvalue weighted by molar-refractivity contribution is -0.137. The summed E-state index contributed by atoms with van der Waals surface area (Å²) in [4.78, 5) is 38.0. The molecule has 0 aromatic heterocycles. The summed E-state index contributed by atoms with van der Waals surface area (Å²) in [5.41, 5.74) is 0. The van der Waals surface area contributed by atoms with Gasteiger partial charge in [0.15, 0.2) is 0 Å². The van der Waals surface area contributed by atoms with Gasteiger partial charge >= 0.3 is 12.0 Å². The smallest absolute Gasteiger partial charge is 0.320 e. The molecule has 0 aliphatic rings. The number of carbonyl (C=O) groups excluding carboxylic acids is 2. The van der Waals surface area contributed by atoms with Gasteiger partial charge in [-0.15, -0.1) is 0 Å². The molecular weight excluding hydrogens is 238 g/mol. The molecule has 0 saturated carbocycles. The number of hydrogen-bond acceptors (Lipinski definition) is 3. The van der Waals surface area contributed by atoms with Crippen molar-refractivity contribution in [2.45, 2.75) is 13.3 Å². The normalized spacial score (nSPS) is 9.78. The summed E-state index contributed by atoms with van der Waals surface area (Å²) >= 11 is 0. The molecule has 0 bridgehead atoms. The Morgan fingerprint density at radius 3 is 2.06 bits per heavy atom. The molecule has 0 aliphatic carbocycles. The summed E-state index contributed by atoms with van der Waals surface area (Å²) in [6, 6.07) is -0.339. The number of likely N-dealkylation sites (N-methyl/N-ethyl adjacent to an activating group) is 2. The zero-order valence-electron chi connectivity index (χ0n) is 11.3. The molecule has 104 valence electrons. The molecule has 0 aromatic rings. The number of carboxylic acid groups (broad SMARTS) is 1. The van der Waals surface area contributed by atoms with Gasteiger partial charge in [-0.05, 0) is 6.92 Å². The van der Waals surface area contributed by atoms with Crippen molar-refractivity contribution >= 4 is 17.9 Å². The van der Waals surface area contributed by atoms with E-state index in [1.54, 1.807) is 21.0 Å². The van der Waals surface area contributed by atoms with Crippen LogP contribution in [0.5, 0.6) is 0 Å². The van der Waals surface area contributed by atoms with E-state index in [1.807, 2.05) is 0 Å². The van der Waals surface area contributed by atoms with Crippen molar-refractivity contribution in [3.05, 3.63) is 0 Å². The number of carbonyl (C=O) groups is 3. The molecule has 0 saturated heterocycles. The van der Waals surface area contributed by atoms with Gasteiger partial charge in [-0.25, -0.2) is 4.79 Å². The van der Waals surface area contributed by atoms with E-state index < -0.39 is 5.97 Å². The van der Waals surface area contributed by atoms with Crippen LogP contribution in [0, 0.1) is 0 Å². The van der Waals surface area contributed by atoms with E-state index in [0.717, 1.165) is 0 Å². The summed E-state index contributed by atoms with van der Waals surface area (Å²) in [5.74, 6) is -1.13. The van der Waals surface area contributed by atoms with Gasteiger partial charge in [0.25, 0.3) is 0 Å². The second kappa shape index (κ2) is 7.52. The fraction of sp³-hybridized carbons (Fsp3) is 0.727. The number of aliphatic carboxylic acids is 1. The summed E-state index contributed by atoms with van der Waals surface area (Å²) < 4.78 is 0. The van der Waals surface area contributed by atoms with Crippen LogP contribution in [-0.2, 0) is 9.59 Å². The summed E-state index contributed by atoms with van der Waals surface area (Å²) in [5, 5.41) is 8.55. The van der Waals surface area contributed by atoms with Gasteiger partial charge < -0.3 is 19.8 Å². The minimum atomic E-state index is -0.956. The average molecular weight is 259 g/mol. The van der Waals surface area contributed by atoms with Crippen LogP contribution in [0.15, 0.2) is 0 Å². The quantitative estimate of drug-likeness (QED) is 0.723. The van der Waals surface area contributed by atoms with E-state index >= 15 is 0 Å². The maximum atomic E-state index is 11.9. The lowest BCUT2D eigenvalue weighted by atomic mass is 10.4. The predicted molar refractivity (Wildman–Crippen MR) is 66.2 cm³/mol.